The number of nitrogens with zero attached hydrogens (tertiary/aromatic N) is 3. The van der Waals surface area contributed by atoms with Gasteiger partial charge in [-0.15, -0.1) is 0 Å². The average Bonchev–Trinajstić information content (AvgIpc) is 2.91. The highest BCUT2D eigenvalue weighted by Gasteiger charge is 2.37. The van der Waals surface area contributed by atoms with Crippen molar-refractivity contribution in [1.82, 2.24) is 14.7 Å². The first-order chi connectivity index (χ1) is 12.5. The van der Waals surface area contributed by atoms with Crippen molar-refractivity contribution in [2.45, 2.75) is 0 Å². The van der Waals surface area contributed by atoms with Crippen LogP contribution in [-0.2, 0) is 9.53 Å². The molecule has 0 aliphatic carbocycles. The average molecular weight is 357 g/mol. The third kappa shape index (κ3) is 3.30. The van der Waals surface area contributed by atoms with Crippen LogP contribution in [0.15, 0.2) is 36.9 Å². The van der Waals surface area contributed by atoms with E-state index < -0.39 is 17.9 Å². The first-order valence-corrected chi connectivity index (χ1v) is 8.28. The second-order valence-corrected chi connectivity index (χ2v) is 5.98. The van der Waals surface area contributed by atoms with Crippen molar-refractivity contribution >= 4 is 23.8 Å². The van der Waals surface area contributed by atoms with Crippen LogP contribution in [0, 0.1) is 0 Å². The molecule has 2 aliphatic heterocycles. The van der Waals surface area contributed by atoms with Crippen molar-refractivity contribution in [1.29, 1.82) is 0 Å². The summed E-state index contributed by atoms with van der Waals surface area (Å²) in [5, 5.41) is 0. The van der Waals surface area contributed by atoms with Gasteiger partial charge in [-0.05, 0) is 12.1 Å². The number of benzene rings is 1. The number of amides is 4. The molecule has 0 N–H and O–H groups in total. The van der Waals surface area contributed by atoms with E-state index in [-0.39, 0.29) is 19.1 Å². The van der Waals surface area contributed by atoms with Gasteiger partial charge >= 0.3 is 6.09 Å². The summed E-state index contributed by atoms with van der Waals surface area (Å²) in [5.41, 5.74) is 0.639. The lowest BCUT2D eigenvalue weighted by atomic mass is 10.1. The van der Waals surface area contributed by atoms with Gasteiger partial charge in [0.05, 0.1) is 11.1 Å². The monoisotopic (exact) mass is 357 g/mol. The quantitative estimate of drug-likeness (QED) is 0.586. The first kappa shape index (κ1) is 17.7. The molecule has 0 radical (unpaired) electrons. The lowest BCUT2D eigenvalue weighted by Gasteiger charge is -2.34. The first-order valence-electron chi connectivity index (χ1n) is 8.28. The largest absolute Gasteiger partial charge is 0.445 e. The molecule has 26 heavy (non-hydrogen) atoms. The number of hydrogen-bond acceptors (Lipinski definition) is 5. The number of rotatable bonds is 4. The van der Waals surface area contributed by atoms with Crippen LogP contribution in [0.25, 0.3) is 0 Å². The summed E-state index contributed by atoms with van der Waals surface area (Å²) in [4.78, 5) is 52.9. The summed E-state index contributed by atoms with van der Waals surface area (Å²) in [6, 6.07) is 6.52. The van der Waals surface area contributed by atoms with Crippen molar-refractivity contribution in [2.75, 3.05) is 39.3 Å². The maximum absolute atomic E-state index is 12.5. The van der Waals surface area contributed by atoms with Crippen LogP contribution < -0.4 is 0 Å². The summed E-state index contributed by atoms with van der Waals surface area (Å²) in [5.74, 6) is -1.23. The van der Waals surface area contributed by atoms with Crippen LogP contribution in [0.4, 0.5) is 4.79 Å². The van der Waals surface area contributed by atoms with Gasteiger partial charge in [0.25, 0.3) is 11.8 Å². The van der Waals surface area contributed by atoms with Crippen molar-refractivity contribution in [3.05, 3.63) is 48.0 Å². The number of hydrogen-bond donors (Lipinski definition) is 0. The zero-order chi connectivity index (χ0) is 18.7. The summed E-state index contributed by atoms with van der Waals surface area (Å²) in [6.07, 6.45) is 1.04. The van der Waals surface area contributed by atoms with Gasteiger partial charge in [-0.3, -0.25) is 19.3 Å². The molecule has 0 unspecified atom stereocenters. The molecule has 0 aromatic heterocycles. The summed E-state index contributed by atoms with van der Waals surface area (Å²) >= 11 is 0. The van der Waals surface area contributed by atoms with E-state index in [1.807, 2.05) is 0 Å². The van der Waals surface area contributed by atoms with Crippen LogP contribution in [0.5, 0.6) is 0 Å². The third-order valence-electron chi connectivity index (χ3n) is 4.39. The molecule has 0 bridgehead atoms. The number of imide groups is 1. The molecule has 0 saturated carbocycles. The van der Waals surface area contributed by atoms with Gasteiger partial charge in [0.15, 0.2) is 0 Å². The SMILES string of the molecule is C=CCOC(=O)N1CCN(C(=O)CN2C(=O)c3ccccc3C2=O)CC1. The lowest BCUT2D eigenvalue weighted by molar-refractivity contribution is -0.133. The minimum atomic E-state index is -0.453. The Hall–Kier alpha value is -3.16. The molecule has 8 nitrogen and oxygen atoms in total. The fraction of sp³-hybridized carbons (Fsp3) is 0.333. The van der Waals surface area contributed by atoms with Gasteiger partial charge in [-0.1, -0.05) is 24.8 Å². The molecule has 1 fully saturated rings. The molecular weight excluding hydrogens is 338 g/mol. The smallest absolute Gasteiger partial charge is 0.410 e. The van der Waals surface area contributed by atoms with Crippen molar-refractivity contribution < 1.29 is 23.9 Å². The fourth-order valence-corrected chi connectivity index (χ4v) is 2.98. The number of piperazine rings is 1. The van der Waals surface area contributed by atoms with E-state index in [1.165, 1.54) is 11.0 Å². The standard InChI is InChI=1S/C18H19N3O5/c1-2-11-26-18(25)20-9-7-19(8-10-20)15(22)12-21-16(23)13-5-3-4-6-14(13)17(21)24/h2-6H,1,7-12H2. The highest BCUT2D eigenvalue weighted by Crippen LogP contribution is 2.22. The van der Waals surface area contributed by atoms with Gasteiger partial charge < -0.3 is 14.5 Å². The summed E-state index contributed by atoms with van der Waals surface area (Å²) < 4.78 is 4.97. The maximum atomic E-state index is 12.5. The fourth-order valence-electron chi connectivity index (χ4n) is 2.98. The zero-order valence-corrected chi connectivity index (χ0v) is 14.2. The second-order valence-electron chi connectivity index (χ2n) is 5.98. The van der Waals surface area contributed by atoms with Gasteiger partial charge in [-0.25, -0.2) is 4.79 Å². The molecule has 4 amide bonds. The molecular formula is C18H19N3O5. The Balaban J connectivity index is 1.56. The molecule has 136 valence electrons. The lowest BCUT2D eigenvalue weighted by Crippen LogP contribution is -2.53. The molecule has 0 spiro atoms. The number of ether oxygens (including phenoxy) is 1. The molecule has 1 saturated heterocycles. The molecule has 2 aliphatic rings. The van der Waals surface area contributed by atoms with E-state index in [1.54, 1.807) is 29.2 Å². The van der Waals surface area contributed by atoms with E-state index in [2.05, 4.69) is 6.58 Å². The Morgan fingerprint density at radius 3 is 2.08 bits per heavy atom. The Morgan fingerprint density at radius 2 is 1.54 bits per heavy atom. The predicted octanol–water partition coefficient (Wildman–Crippen LogP) is 0.749. The van der Waals surface area contributed by atoms with Gasteiger partial charge in [0, 0.05) is 26.2 Å². The number of carbonyl (C=O) groups is 4. The molecule has 1 aromatic rings. The molecule has 2 heterocycles. The van der Waals surface area contributed by atoms with Gasteiger partial charge in [0.1, 0.15) is 13.2 Å². The van der Waals surface area contributed by atoms with Crippen LogP contribution in [0.3, 0.4) is 0 Å². The summed E-state index contributed by atoms with van der Waals surface area (Å²) in [6.45, 7) is 4.64. The van der Waals surface area contributed by atoms with Crippen LogP contribution >= 0.6 is 0 Å². The molecule has 8 heteroatoms. The van der Waals surface area contributed by atoms with Crippen LogP contribution in [0.1, 0.15) is 20.7 Å². The molecule has 1 aromatic carbocycles. The van der Waals surface area contributed by atoms with Crippen molar-refractivity contribution in [3.63, 3.8) is 0 Å². The van der Waals surface area contributed by atoms with Crippen molar-refractivity contribution in [2.24, 2.45) is 0 Å². The Kier molecular flexibility index (Phi) is 5.01. The topological polar surface area (TPSA) is 87.2 Å². The van der Waals surface area contributed by atoms with E-state index >= 15 is 0 Å². The van der Waals surface area contributed by atoms with E-state index in [0.717, 1.165) is 4.90 Å². The minimum Gasteiger partial charge on any atom is -0.445 e. The third-order valence-corrected chi connectivity index (χ3v) is 4.39. The van der Waals surface area contributed by atoms with Crippen molar-refractivity contribution in [3.8, 4) is 0 Å². The Morgan fingerprint density at radius 1 is 1.00 bits per heavy atom. The summed E-state index contributed by atoms with van der Waals surface area (Å²) in [7, 11) is 0. The van der Waals surface area contributed by atoms with Crippen LogP contribution in [0.2, 0.25) is 0 Å². The zero-order valence-electron chi connectivity index (χ0n) is 14.2. The highest BCUT2D eigenvalue weighted by atomic mass is 16.6. The van der Waals surface area contributed by atoms with E-state index in [0.29, 0.717) is 37.3 Å². The minimum absolute atomic E-state index is 0.137. The highest BCUT2D eigenvalue weighted by molar-refractivity contribution is 6.22. The Bertz CT molecular complexity index is 733. The maximum Gasteiger partial charge on any atom is 0.410 e. The van der Waals surface area contributed by atoms with Gasteiger partial charge in [0.2, 0.25) is 5.91 Å². The normalized spacial score (nSPS) is 16.5. The number of carbonyl (C=O) groups excluding carboxylic acids is 4. The molecule has 3 rings (SSSR count). The van der Waals surface area contributed by atoms with E-state index in [4.69, 9.17) is 4.74 Å². The second kappa shape index (κ2) is 7.38. The Labute approximate surface area is 150 Å². The molecule has 0 atom stereocenters. The predicted molar refractivity (Wildman–Crippen MR) is 91.5 cm³/mol. The van der Waals surface area contributed by atoms with Gasteiger partial charge in [-0.2, -0.15) is 0 Å². The van der Waals surface area contributed by atoms with Crippen LogP contribution in [-0.4, -0.2) is 77.8 Å². The number of fused-ring (bicyclic) bond motifs is 1. The van der Waals surface area contributed by atoms with E-state index in [9.17, 15) is 19.2 Å².